The maximum absolute atomic E-state index is 12.5. The Labute approximate surface area is 166 Å². The third-order valence-electron chi connectivity index (χ3n) is 4.16. The van der Waals surface area contributed by atoms with Crippen molar-refractivity contribution in [1.82, 2.24) is 5.43 Å². The second kappa shape index (κ2) is 8.71. The van der Waals surface area contributed by atoms with Crippen LogP contribution in [0.2, 0.25) is 0 Å². The number of hydrogen-bond donors (Lipinski definition) is 3. The van der Waals surface area contributed by atoms with E-state index in [0.29, 0.717) is 16.7 Å². The van der Waals surface area contributed by atoms with E-state index in [4.69, 9.17) is 0 Å². The number of aromatic hydroxyl groups is 2. The standard InChI is InChI=1S/C22H18N2O5/c1-29-22(28)15-12-10-14(11-13-15)21(27)24-23-20(16-6-2-4-8-18(16)25)17-7-3-5-9-19(17)26/h2-13,25-26H,1H3,(H,24,27). The van der Waals surface area contributed by atoms with Crippen LogP contribution in [-0.4, -0.2) is 34.9 Å². The first-order valence-corrected chi connectivity index (χ1v) is 8.64. The molecule has 0 fully saturated rings. The van der Waals surface area contributed by atoms with Crippen molar-refractivity contribution in [2.75, 3.05) is 7.11 Å². The van der Waals surface area contributed by atoms with Crippen molar-refractivity contribution in [3.05, 3.63) is 95.1 Å². The van der Waals surface area contributed by atoms with Gasteiger partial charge >= 0.3 is 5.97 Å². The number of amides is 1. The van der Waals surface area contributed by atoms with Gasteiger partial charge in [0.2, 0.25) is 0 Å². The average Bonchev–Trinajstić information content (AvgIpc) is 2.75. The molecule has 0 aliphatic carbocycles. The number of carbonyl (C=O) groups excluding carboxylic acids is 2. The largest absolute Gasteiger partial charge is 0.507 e. The highest BCUT2D eigenvalue weighted by Gasteiger charge is 2.16. The Morgan fingerprint density at radius 2 is 1.28 bits per heavy atom. The predicted molar refractivity (Wildman–Crippen MR) is 107 cm³/mol. The minimum absolute atomic E-state index is 0.0498. The van der Waals surface area contributed by atoms with E-state index in [0.717, 1.165) is 0 Å². The molecule has 3 N–H and O–H groups in total. The SMILES string of the molecule is COC(=O)c1ccc(C(=O)NN=C(c2ccccc2O)c2ccccc2O)cc1. The van der Waals surface area contributed by atoms with E-state index in [9.17, 15) is 19.8 Å². The van der Waals surface area contributed by atoms with Gasteiger partial charge in [0, 0.05) is 16.7 Å². The molecule has 7 heteroatoms. The minimum Gasteiger partial charge on any atom is -0.507 e. The van der Waals surface area contributed by atoms with Gasteiger partial charge in [-0.25, -0.2) is 10.2 Å². The van der Waals surface area contributed by atoms with E-state index >= 15 is 0 Å². The highest BCUT2D eigenvalue weighted by atomic mass is 16.5. The number of ether oxygens (including phenoxy) is 1. The molecule has 3 rings (SSSR count). The molecular formula is C22H18N2O5. The van der Waals surface area contributed by atoms with Gasteiger partial charge in [-0.2, -0.15) is 5.10 Å². The van der Waals surface area contributed by atoms with Crippen molar-refractivity contribution in [2.24, 2.45) is 5.10 Å². The Morgan fingerprint density at radius 1 is 0.793 bits per heavy atom. The molecule has 3 aromatic carbocycles. The van der Waals surface area contributed by atoms with Crippen LogP contribution < -0.4 is 5.43 Å². The fourth-order valence-electron chi connectivity index (χ4n) is 2.66. The molecule has 0 aromatic heterocycles. The van der Waals surface area contributed by atoms with Gasteiger partial charge < -0.3 is 14.9 Å². The van der Waals surface area contributed by atoms with Crippen molar-refractivity contribution >= 4 is 17.6 Å². The lowest BCUT2D eigenvalue weighted by Gasteiger charge is -2.11. The second-order valence-corrected chi connectivity index (χ2v) is 6.00. The Bertz CT molecular complexity index is 1030. The molecule has 1 amide bonds. The van der Waals surface area contributed by atoms with Gasteiger partial charge in [-0.05, 0) is 48.5 Å². The Kier molecular flexibility index (Phi) is 5.89. The van der Waals surface area contributed by atoms with Crippen molar-refractivity contribution in [3.63, 3.8) is 0 Å². The number of carbonyl (C=O) groups is 2. The molecule has 3 aromatic rings. The van der Waals surface area contributed by atoms with E-state index in [1.54, 1.807) is 36.4 Å². The van der Waals surface area contributed by atoms with Crippen LogP contribution in [0.5, 0.6) is 11.5 Å². The molecule has 0 unspecified atom stereocenters. The third kappa shape index (κ3) is 4.41. The van der Waals surface area contributed by atoms with E-state index in [1.165, 1.54) is 43.5 Å². The Morgan fingerprint density at radius 3 is 1.76 bits per heavy atom. The Balaban J connectivity index is 1.93. The topological polar surface area (TPSA) is 108 Å². The monoisotopic (exact) mass is 390 g/mol. The number of hydrogen-bond acceptors (Lipinski definition) is 6. The van der Waals surface area contributed by atoms with Gasteiger partial charge in [-0.3, -0.25) is 4.79 Å². The van der Waals surface area contributed by atoms with Crippen LogP contribution in [0.15, 0.2) is 77.9 Å². The van der Waals surface area contributed by atoms with Crippen LogP contribution in [0.3, 0.4) is 0 Å². The number of methoxy groups -OCH3 is 1. The highest BCUT2D eigenvalue weighted by Crippen LogP contribution is 2.25. The number of esters is 1. The smallest absolute Gasteiger partial charge is 0.337 e. The molecule has 0 saturated heterocycles. The molecule has 0 saturated carbocycles. The van der Waals surface area contributed by atoms with Gasteiger partial charge in [-0.15, -0.1) is 0 Å². The van der Waals surface area contributed by atoms with Crippen LogP contribution in [0.25, 0.3) is 0 Å². The van der Waals surface area contributed by atoms with Crippen LogP contribution in [0.4, 0.5) is 0 Å². The quantitative estimate of drug-likeness (QED) is 0.352. The van der Waals surface area contributed by atoms with E-state index < -0.39 is 11.9 Å². The molecule has 146 valence electrons. The number of rotatable bonds is 5. The summed E-state index contributed by atoms with van der Waals surface area (Å²) in [6.45, 7) is 0. The Hall–Kier alpha value is -4.13. The molecular weight excluding hydrogens is 372 g/mol. The molecule has 0 bridgehead atoms. The third-order valence-corrected chi connectivity index (χ3v) is 4.16. The molecule has 7 nitrogen and oxygen atoms in total. The van der Waals surface area contributed by atoms with Crippen LogP contribution in [0, 0.1) is 0 Å². The number of phenolic OH excluding ortho intramolecular Hbond substituents is 2. The second-order valence-electron chi connectivity index (χ2n) is 6.00. The van der Waals surface area contributed by atoms with Crippen molar-refractivity contribution in [1.29, 1.82) is 0 Å². The zero-order valence-corrected chi connectivity index (χ0v) is 15.5. The van der Waals surface area contributed by atoms with Crippen molar-refractivity contribution in [2.45, 2.75) is 0 Å². The summed E-state index contributed by atoms with van der Waals surface area (Å²) in [6.07, 6.45) is 0. The number of nitrogens with zero attached hydrogens (tertiary/aromatic N) is 1. The molecule has 0 radical (unpaired) electrons. The fourth-order valence-corrected chi connectivity index (χ4v) is 2.66. The number of benzene rings is 3. The summed E-state index contributed by atoms with van der Waals surface area (Å²) in [5.41, 5.74) is 3.89. The lowest BCUT2D eigenvalue weighted by atomic mass is 10.0. The summed E-state index contributed by atoms with van der Waals surface area (Å²) in [6, 6.07) is 18.8. The molecule has 0 heterocycles. The predicted octanol–water partition coefficient (Wildman–Crippen LogP) is 3.07. The number of phenols is 2. The zero-order chi connectivity index (χ0) is 20.8. The van der Waals surface area contributed by atoms with Crippen LogP contribution >= 0.6 is 0 Å². The molecule has 0 atom stereocenters. The van der Waals surface area contributed by atoms with E-state index in [2.05, 4.69) is 15.3 Å². The maximum Gasteiger partial charge on any atom is 0.337 e. The fraction of sp³-hybridized carbons (Fsp3) is 0.0455. The lowest BCUT2D eigenvalue weighted by molar-refractivity contribution is 0.0600. The summed E-state index contributed by atoms with van der Waals surface area (Å²) >= 11 is 0. The average molecular weight is 390 g/mol. The first-order valence-electron chi connectivity index (χ1n) is 8.64. The lowest BCUT2D eigenvalue weighted by Crippen LogP contribution is -2.21. The number of hydrazone groups is 1. The van der Waals surface area contributed by atoms with Gasteiger partial charge in [0.25, 0.3) is 5.91 Å². The summed E-state index contributed by atoms with van der Waals surface area (Å²) in [5, 5.41) is 24.5. The van der Waals surface area contributed by atoms with Crippen LogP contribution in [0.1, 0.15) is 31.8 Å². The van der Waals surface area contributed by atoms with Crippen molar-refractivity contribution in [3.8, 4) is 11.5 Å². The first-order chi connectivity index (χ1) is 14.0. The molecule has 0 spiro atoms. The zero-order valence-electron chi connectivity index (χ0n) is 15.5. The van der Waals surface area contributed by atoms with Gasteiger partial charge in [0.05, 0.1) is 12.7 Å². The number of para-hydroxylation sites is 2. The maximum atomic E-state index is 12.5. The molecule has 0 aliphatic rings. The minimum atomic E-state index is -0.523. The molecule has 0 aliphatic heterocycles. The summed E-state index contributed by atoms with van der Waals surface area (Å²) in [7, 11) is 1.27. The van der Waals surface area contributed by atoms with E-state index in [1.807, 2.05) is 0 Å². The van der Waals surface area contributed by atoms with Crippen LogP contribution in [-0.2, 0) is 4.74 Å². The molecule has 29 heavy (non-hydrogen) atoms. The van der Waals surface area contributed by atoms with Crippen molar-refractivity contribution < 1.29 is 24.5 Å². The van der Waals surface area contributed by atoms with Gasteiger partial charge in [0.1, 0.15) is 17.2 Å². The normalized spacial score (nSPS) is 10.1. The number of nitrogens with one attached hydrogen (secondary N) is 1. The summed E-state index contributed by atoms with van der Waals surface area (Å²) < 4.78 is 4.63. The summed E-state index contributed by atoms with van der Waals surface area (Å²) in [5.74, 6) is -1.13. The van der Waals surface area contributed by atoms with Gasteiger partial charge in [0.15, 0.2) is 0 Å². The summed E-state index contributed by atoms with van der Waals surface area (Å²) in [4.78, 5) is 24.0. The highest BCUT2D eigenvalue weighted by molar-refractivity contribution is 6.16. The van der Waals surface area contributed by atoms with E-state index in [-0.39, 0.29) is 22.8 Å². The van der Waals surface area contributed by atoms with Gasteiger partial charge in [-0.1, -0.05) is 24.3 Å². The first kappa shape index (κ1) is 19.6.